The van der Waals surface area contributed by atoms with Crippen LogP contribution in [0.3, 0.4) is 0 Å². The van der Waals surface area contributed by atoms with E-state index in [4.69, 9.17) is 0 Å². The molecular formula is C14H21NO3S. The summed E-state index contributed by atoms with van der Waals surface area (Å²) in [6, 6.07) is 6.45. The van der Waals surface area contributed by atoms with Crippen LogP contribution in [-0.4, -0.2) is 20.1 Å². The van der Waals surface area contributed by atoms with E-state index in [-0.39, 0.29) is 10.3 Å². The van der Waals surface area contributed by atoms with Crippen LogP contribution in [0.5, 0.6) is 0 Å². The lowest BCUT2D eigenvalue weighted by molar-refractivity contribution is 0.166. The first-order chi connectivity index (χ1) is 8.82. The van der Waals surface area contributed by atoms with Gasteiger partial charge in [0.15, 0.2) is 0 Å². The summed E-state index contributed by atoms with van der Waals surface area (Å²) < 4.78 is 27.1. The van der Waals surface area contributed by atoms with E-state index in [1.807, 2.05) is 0 Å². The molecule has 0 amide bonds. The van der Waals surface area contributed by atoms with Crippen molar-refractivity contribution in [1.29, 1.82) is 0 Å². The van der Waals surface area contributed by atoms with Crippen LogP contribution in [0.4, 0.5) is 0 Å². The van der Waals surface area contributed by atoms with Gasteiger partial charge in [-0.15, -0.1) is 0 Å². The molecule has 1 aliphatic carbocycles. The highest BCUT2D eigenvalue weighted by atomic mass is 32.2. The Kier molecular flexibility index (Phi) is 3.99. The molecule has 1 unspecified atom stereocenters. The number of aliphatic hydroxyl groups excluding tert-OH is 1. The average molecular weight is 283 g/mol. The van der Waals surface area contributed by atoms with Crippen molar-refractivity contribution in [2.24, 2.45) is 5.41 Å². The van der Waals surface area contributed by atoms with E-state index in [0.29, 0.717) is 12.1 Å². The summed E-state index contributed by atoms with van der Waals surface area (Å²) in [4.78, 5) is 0.217. The Morgan fingerprint density at radius 2 is 2.11 bits per heavy atom. The normalized spacial score (nSPS) is 19.7. The van der Waals surface area contributed by atoms with Gasteiger partial charge in [0.1, 0.15) is 0 Å². The molecule has 106 valence electrons. The molecule has 0 radical (unpaired) electrons. The molecule has 1 saturated carbocycles. The minimum Gasteiger partial charge on any atom is -0.389 e. The van der Waals surface area contributed by atoms with Gasteiger partial charge in [0, 0.05) is 6.54 Å². The Bertz CT molecular complexity index is 548. The summed E-state index contributed by atoms with van der Waals surface area (Å²) >= 11 is 0. The zero-order valence-electron chi connectivity index (χ0n) is 11.4. The summed E-state index contributed by atoms with van der Waals surface area (Å²) in [6.45, 7) is 4.20. The van der Waals surface area contributed by atoms with Crippen molar-refractivity contribution in [1.82, 2.24) is 4.72 Å². The molecule has 1 aliphatic rings. The molecule has 1 atom stereocenters. The van der Waals surface area contributed by atoms with E-state index in [9.17, 15) is 13.5 Å². The first-order valence-corrected chi connectivity index (χ1v) is 8.08. The quantitative estimate of drug-likeness (QED) is 0.870. The molecule has 0 saturated heterocycles. The van der Waals surface area contributed by atoms with Crippen LogP contribution in [0.1, 0.15) is 44.8 Å². The lowest BCUT2D eigenvalue weighted by Gasteiger charge is -2.38. The van der Waals surface area contributed by atoms with Crippen LogP contribution < -0.4 is 4.72 Å². The van der Waals surface area contributed by atoms with Gasteiger partial charge >= 0.3 is 0 Å². The predicted molar refractivity (Wildman–Crippen MR) is 74.2 cm³/mol. The van der Waals surface area contributed by atoms with Crippen LogP contribution in [0.25, 0.3) is 0 Å². The first kappa shape index (κ1) is 14.5. The van der Waals surface area contributed by atoms with Gasteiger partial charge in [0.05, 0.1) is 11.0 Å². The number of hydrogen-bond acceptors (Lipinski definition) is 3. The molecule has 2 rings (SSSR count). The van der Waals surface area contributed by atoms with Gasteiger partial charge in [-0.3, -0.25) is 0 Å². The van der Waals surface area contributed by atoms with Gasteiger partial charge in [0.25, 0.3) is 0 Å². The van der Waals surface area contributed by atoms with E-state index in [0.717, 1.165) is 12.8 Å². The molecule has 4 nitrogen and oxygen atoms in total. The molecule has 0 aromatic heterocycles. The first-order valence-electron chi connectivity index (χ1n) is 6.60. The summed E-state index contributed by atoms with van der Waals surface area (Å²) in [7, 11) is -3.49. The van der Waals surface area contributed by atoms with Gasteiger partial charge in [-0.05, 0) is 42.9 Å². The topological polar surface area (TPSA) is 66.4 Å². The van der Waals surface area contributed by atoms with Gasteiger partial charge in [-0.1, -0.05) is 25.5 Å². The molecule has 0 spiro atoms. The largest absolute Gasteiger partial charge is 0.389 e. The fourth-order valence-corrected chi connectivity index (χ4v) is 3.51. The van der Waals surface area contributed by atoms with Crippen molar-refractivity contribution < 1.29 is 13.5 Å². The van der Waals surface area contributed by atoms with Gasteiger partial charge in [-0.25, -0.2) is 13.1 Å². The highest BCUT2D eigenvalue weighted by molar-refractivity contribution is 7.89. The molecule has 1 fully saturated rings. The summed E-state index contributed by atoms with van der Waals surface area (Å²) in [5.74, 6) is 0. The smallest absolute Gasteiger partial charge is 0.240 e. The van der Waals surface area contributed by atoms with Crippen LogP contribution in [0, 0.1) is 5.41 Å². The van der Waals surface area contributed by atoms with Crippen molar-refractivity contribution in [2.75, 3.05) is 6.54 Å². The Morgan fingerprint density at radius 1 is 1.42 bits per heavy atom. The average Bonchev–Trinajstić information content (AvgIpc) is 2.34. The van der Waals surface area contributed by atoms with Gasteiger partial charge < -0.3 is 5.11 Å². The third-order valence-corrected chi connectivity index (χ3v) is 5.30. The Hall–Kier alpha value is -0.910. The highest BCUT2D eigenvalue weighted by Crippen LogP contribution is 2.39. The molecule has 2 N–H and O–H groups in total. The molecular weight excluding hydrogens is 262 g/mol. The number of benzene rings is 1. The van der Waals surface area contributed by atoms with Crippen molar-refractivity contribution in [2.45, 2.75) is 44.1 Å². The zero-order chi connectivity index (χ0) is 14.1. The molecule has 1 aromatic carbocycles. The summed E-state index contributed by atoms with van der Waals surface area (Å²) in [5.41, 5.74) is 0.715. The fraction of sp³-hybridized carbons (Fsp3) is 0.571. The number of nitrogens with one attached hydrogen (secondary N) is 1. The maximum Gasteiger partial charge on any atom is 0.240 e. The zero-order valence-corrected chi connectivity index (χ0v) is 12.2. The van der Waals surface area contributed by atoms with Crippen molar-refractivity contribution in [3.63, 3.8) is 0 Å². The van der Waals surface area contributed by atoms with Crippen LogP contribution in [0.15, 0.2) is 29.2 Å². The van der Waals surface area contributed by atoms with E-state index in [1.165, 1.54) is 12.5 Å². The second kappa shape index (κ2) is 5.23. The molecule has 0 bridgehead atoms. The number of sulfonamides is 1. The number of aliphatic hydroxyl groups is 1. The molecule has 0 aliphatic heterocycles. The second-order valence-electron chi connectivity index (χ2n) is 5.74. The molecule has 1 aromatic rings. The summed E-state index contributed by atoms with van der Waals surface area (Å²) in [6.07, 6.45) is 2.65. The Morgan fingerprint density at radius 3 is 2.63 bits per heavy atom. The number of hydrogen-bond donors (Lipinski definition) is 2. The maximum absolute atomic E-state index is 12.2. The number of rotatable bonds is 5. The van der Waals surface area contributed by atoms with E-state index >= 15 is 0 Å². The standard InChI is InChI=1S/C14H21NO3S/c1-11(16)12-5-3-6-13(9-12)19(17,18)15-10-14(2)7-4-8-14/h3,5-6,9,11,15-16H,4,7-8,10H2,1-2H3. The van der Waals surface area contributed by atoms with E-state index < -0.39 is 16.1 Å². The van der Waals surface area contributed by atoms with E-state index in [2.05, 4.69) is 11.6 Å². The van der Waals surface area contributed by atoms with Crippen molar-refractivity contribution in [3.8, 4) is 0 Å². The Balaban J connectivity index is 2.12. The van der Waals surface area contributed by atoms with Crippen LogP contribution in [-0.2, 0) is 10.0 Å². The van der Waals surface area contributed by atoms with Crippen molar-refractivity contribution >= 4 is 10.0 Å². The SMILES string of the molecule is CC(O)c1cccc(S(=O)(=O)NCC2(C)CCC2)c1. The van der Waals surface area contributed by atoms with Gasteiger partial charge in [-0.2, -0.15) is 0 Å². The lowest BCUT2D eigenvalue weighted by Crippen LogP contribution is -2.39. The lowest BCUT2D eigenvalue weighted by atomic mass is 9.71. The van der Waals surface area contributed by atoms with Crippen LogP contribution >= 0.6 is 0 Å². The summed E-state index contributed by atoms with van der Waals surface area (Å²) in [5, 5.41) is 9.50. The van der Waals surface area contributed by atoms with E-state index in [1.54, 1.807) is 25.1 Å². The van der Waals surface area contributed by atoms with Crippen LogP contribution in [0.2, 0.25) is 0 Å². The highest BCUT2D eigenvalue weighted by Gasteiger charge is 2.33. The second-order valence-corrected chi connectivity index (χ2v) is 7.50. The van der Waals surface area contributed by atoms with Crippen molar-refractivity contribution in [3.05, 3.63) is 29.8 Å². The Labute approximate surface area is 114 Å². The predicted octanol–water partition coefficient (Wildman–Crippen LogP) is 2.21. The van der Waals surface area contributed by atoms with Gasteiger partial charge in [0.2, 0.25) is 10.0 Å². The minimum absolute atomic E-state index is 0.106. The molecule has 19 heavy (non-hydrogen) atoms. The third kappa shape index (κ3) is 3.35. The third-order valence-electron chi connectivity index (χ3n) is 3.90. The fourth-order valence-electron chi connectivity index (χ4n) is 2.25. The minimum atomic E-state index is -3.49. The maximum atomic E-state index is 12.2. The molecule has 5 heteroatoms. The molecule has 0 heterocycles. The monoisotopic (exact) mass is 283 g/mol.